The number of carbonyl (C=O) groups excluding carboxylic acids is 2. The van der Waals surface area contributed by atoms with Crippen molar-refractivity contribution in [1.82, 2.24) is 0 Å². The maximum atomic E-state index is 12.2. The molecule has 0 aromatic heterocycles. The molecule has 1 amide bonds. The summed E-state index contributed by atoms with van der Waals surface area (Å²) < 4.78 is 50.2. The number of methoxy groups -OCH3 is 1. The van der Waals surface area contributed by atoms with E-state index >= 15 is 0 Å². The number of nitrogens with one attached hydrogen (secondary N) is 2. The fourth-order valence-corrected chi connectivity index (χ4v) is 3.67. The van der Waals surface area contributed by atoms with Gasteiger partial charge in [0.15, 0.2) is 0 Å². The molecule has 0 spiro atoms. The van der Waals surface area contributed by atoms with Crippen LogP contribution >= 0.6 is 11.8 Å². The third kappa shape index (κ3) is 6.57. The molecule has 164 valence electrons. The zero-order valence-corrected chi connectivity index (χ0v) is 16.9. The molecule has 1 aliphatic rings. The van der Waals surface area contributed by atoms with Gasteiger partial charge in [-0.05, 0) is 48.5 Å². The van der Waals surface area contributed by atoms with Gasteiger partial charge in [-0.25, -0.2) is 9.59 Å². The average Bonchev–Trinajstić information content (AvgIpc) is 3.17. The average molecular weight is 454 g/mol. The van der Waals surface area contributed by atoms with Gasteiger partial charge in [-0.2, -0.15) is 11.8 Å². The quantitative estimate of drug-likeness (QED) is 0.608. The summed E-state index contributed by atoms with van der Waals surface area (Å²) in [6, 6.07) is 11.1. The minimum atomic E-state index is -4.79. The fraction of sp³-hybridized carbons (Fsp3) is 0.200. The summed E-state index contributed by atoms with van der Waals surface area (Å²) in [5.41, 5.74) is 2.28. The molecule has 0 fully saturated rings. The highest BCUT2D eigenvalue weighted by Gasteiger charge is 2.31. The van der Waals surface area contributed by atoms with Crippen molar-refractivity contribution in [3.05, 3.63) is 59.8 Å². The first kappa shape index (κ1) is 22.3. The predicted molar refractivity (Wildman–Crippen MR) is 109 cm³/mol. The van der Waals surface area contributed by atoms with Gasteiger partial charge in [-0.1, -0.05) is 0 Å². The molecule has 0 aliphatic carbocycles. The molecule has 7 nitrogen and oxygen atoms in total. The van der Waals surface area contributed by atoms with Gasteiger partial charge in [0, 0.05) is 28.6 Å². The molecule has 3 rings (SSSR count). The van der Waals surface area contributed by atoms with Crippen LogP contribution in [0.25, 0.3) is 0 Å². The van der Waals surface area contributed by atoms with Gasteiger partial charge in [0.05, 0.1) is 12.7 Å². The van der Waals surface area contributed by atoms with Gasteiger partial charge in [0.1, 0.15) is 11.5 Å². The second kappa shape index (κ2) is 9.65. The molecule has 31 heavy (non-hydrogen) atoms. The summed E-state index contributed by atoms with van der Waals surface area (Å²) in [6.45, 7) is 0. The Morgan fingerprint density at radius 2 is 1.55 bits per heavy atom. The Hall–Kier alpha value is -3.34. The molecule has 1 heterocycles. The van der Waals surface area contributed by atoms with E-state index in [2.05, 4.69) is 15.4 Å². The molecule has 2 aromatic rings. The summed E-state index contributed by atoms with van der Waals surface area (Å²) >= 11 is 1.59. The number of carbonyl (C=O) groups is 2. The third-order valence-electron chi connectivity index (χ3n) is 3.98. The fourth-order valence-electron chi connectivity index (χ4n) is 2.62. The number of anilines is 2. The van der Waals surface area contributed by atoms with Gasteiger partial charge < -0.3 is 19.5 Å². The Morgan fingerprint density at radius 1 is 0.935 bits per heavy atom. The Kier molecular flexibility index (Phi) is 6.95. The molecule has 0 atom stereocenters. The lowest BCUT2D eigenvalue weighted by Crippen LogP contribution is -2.18. The van der Waals surface area contributed by atoms with E-state index in [1.165, 1.54) is 19.2 Å². The van der Waals surface area contributed by atoms with E-state index in [1.54, 1.807) is 36.0 Å². The molecule has 0 radical (unpaired) electrons. The topological polar surface area (TPSA) is 85.9 Å². The molecule has 0 saturated carbocycles. The van der Waals surface area contributed by atoms with E-state index < -0.39 is 18.2 Å². The van der Waals surface area contributed by atoms with Gasteiger partial charge in [-0.15, -0.1) is 13.2 Å². The largest absolute Gasteiger partial charge is 0.573 e. The molecule has 0 bridgehead atoms. The minimum Gasteiger partial charge on any atom is -0.466 e. The van der Waals surface area contributed by atoms with Crippen LogP contribution in [0.15, 0.2) is 59.8 Å². The SMILES string of the molecule is COC(=O)C1=C(Nc2ccc(OC(=O)Nc3ccc(OC(F)(F)F)cc3)cc2)CSC1. The minimum absolute atomic E-state index is 0.235. The first-order valence-electron chi connectivity index (χ1n) is 8.83. The van der Waals surface area contributed by atoms with E-state index in [4.69, 9.17) is 9.47 Å². The second-order valence-corrected chi connectivity index (χ2v) is 7.16. The van der Waals surface area contributed by atoms with Crippen LogP contribution in [0.5, 0.6) is 11.5 Å². The van der Waals surface area contributed by atoms with Crippen molar-refractivity contribution in [3.63, 3.8) is 0 Å². The summed E-state index contributed by atoms with van der Waals surface area (Å²) in [5.74, 6) is 0.697. The van der Waals surface area contributed by atoms with Crippen LogP contribution in [-0.4, -0.2) is 37.0 Å². The number of ether oxygens (including phenoxy) is 3. The lowest BCUT2D eigenvalue weighted by Gasteiger charge is -2.11. The molecule has 0 unspecified atom stereocenters. The molecule has 1 aliphatic heterocycles. The smallest absolute Gasteiger partial charge is 0.466 e. The van der Waals surface area contributed by atoms with Gasteiger partial charge in [-0.3, -0.25) is 5.32 Å². The zero-order chi connectivity index (χ0) is 22.4. The van der Waals surface area contributed by atoms with E-state index in [1.807, 2.05) is 0 Å². The van der Waals surface area contributed by atoms with Gasteiger partial charge in [0.2, 0.25) is 0 Å². The van der Waals surface area contributed by atoms with E-state index in [0.717, 1.165) is 17.8 Å². The molecular formula is C20H17F3N2O5S. The Morgan fingerprint density at radius 3 is 2.16 bits per heavy atom. The monoisotopic (exact) mass is 454 g/mol. The first-order valence-corrected chi connectivity index (χ1v) is 9.99. The van der Waals surface area contributed by atoms with Crippen LogP contribution in [0.4, 0.5) is 29.3 Å². The maximum Gasteiger partial charge on any atom is 0.573 e. The number of rotatable bonds is 6. The van der Waals surface area contributed by atoms with Crippen LogP contribution < -0.4 is 20.1 Å². The molecule has 2 aromatic carbocycles. The molecular weight excluding hydrogens is 437 g/mol. The zero-order valence-electron chi connectivity index (χ0n) is 16.1. The number of hydrogen-bond acceptors (Lipinski definition) is 7. The predicted octanol–water partition coefficient (Wildman–Crippen LogP) is 4.78. The van der Waals surface area contributed by atoms with Crippen molar-refractivity contribution >= 4 is 35.2 Å². The highest BCUT2D eigenvalue weighted by molar-refractivity contribution is 8.00. The van der Waals surface area contributed by atoms with Gasteiger partial charge in [0.25, 0.3) is 0 Å². The summed E-state index contributed by atoms with van der Waals surface area (Å²) in [6.07, 6.45) is -5.60. The summed E-state index contributed by atoms with van der Waals surface area (Å²) in [5, 5.41) is 5.56. The van der Waals surface area contributed by atoms with Crippen LogP contribution in [0.1, 0.15) is 0 Å². The highest BCUT2D eigenvalue weighted by Crippen LogP contribution is 2.28. The normalized spacial score (nSPS) is 13.5. The first-order chi connectivity index (χ1) is 14.7. The molecule has 0 saturated heterocycles. The van der Waals surface area contributed by atoms with E-state index in [9.17, 15) is 22.8 Å². The molecule has 2 N–H and O–H groups in total. The van der Waals surface area contributed by atoms with Crippen molar-refractivity contribution < 1.29 is 37.0 Å². The van der Waals surface area contributed by atoms with Crippen LogP contribution in [-0.2, 0) is 9.53 Å². The number of amides is 1. The Balaban J connectivity index is 1.55. The van der Waals surface area contributed by atoms with E-state index in [-0.39, 0.29) is 17.4 Å². The molecule has 11 heteroatoms. The highest BCUT2D eigenvalue weighted by atomic mass is 32.2. The lowest BCUT2D eigenvalue weighted by atomic mass is 10.2. The van der Waals surface area contributed by atoms with Crippen LogP contribution in [0, 0.1) is 0 Å². The number of halogens is 3. The van der Waals surface area contributed by atoms with Crippen LogP contribution in [0.2, 0.25) is 0 Å². The van der Waals surface area contributed by atoms with Crippen molar-refractivity contribution in [3.8, 4) is 11.5 Å². The Labute approximate surface area is 179 Å². The number of esters is 1. The number of hydrogen-bond donors (Lipinski definition) is 2. The van der Waals surface area contributed by atoms with Crippen molar-refractivity contribution in [1.29, 1.82) is 0 Å². The summed E-state index contributed by atoms with van der Waals surface area (Å²) in [4.78, 5) is 23.8. The van der Waals surface area contributed by atoms with Crippen molar-refractivity contribution in [2.24, 2.45) is 0 Å². The van der Waals surface area contributed by atoms with Gasteiger partial charge >= 0.3 is 18.4 Å². The second-order valence-electron chi connectivity index (χ2n) is 6.18. The maximum absolute atomic E-state index is 12.2. The van der Waals surface area contributed by atoms with Crippen molar-refractivity contribution in [2.75, 3.05) is 29.2 Å². The number of thioether (sulfide) groups is 1. The van der Waals surface area contributed by atoms with Crippen LogP contribution in [0.3, 0.4) is 0 Å². The van der Waals surface area contributed by atoms with E-state index in [0.29, 0.717) is 22.8 Å². The number of alkyl halides is 3. The third-order valence-corrected chi connectivity index (χ3v) is 4.97. The standard InChI is InChI=1S/C20H17F3N2O5S/c1-28-18(26)16-10-31-11-17(16)24-12-2-6-14(7-3-12)29-19(27)25-13-4-8-15(9-5-13)30-20(21,22)23/h2-9,24H,10-11H2,1H3,(H,25,27). The Bertz CT molecular complexity index is 976. The number of benzene rings is 2. The summed E-state index contributed by atoms with van der Waals surface area (Å²) in [7, 11) is 1.33. The van der Waals surface area contributed by atoms with Crippen molar-refractivity contribution in [2.45, 2.75) is 6.36 Å². The lowest BCUT2D eigenvalue weighted by molar-refractivity contribution is -0.274.